The Balaban J connectivity index is 1.75. The number of nitrogens with zero attached hydrogens (tertiary/aromatic N) is 2. The first-order chi connectivity index (χ1) is 14.1. The smallest absolute Gasteiger partial charge is 0.259 e. The minimum Gasteiger partial charge on any atom is -0.493 e. The monoisotopic (exact) mass is 414 g/mol. The average Bonchev–Trinajstić information content (AvgIpc) is 3.39. The van der Waals surface area contributed by atoms with Gasteiger partial charge < -0.3 is 18.9 Å². The fourth-order valence-electron chi connectivity index (χ4n) is 3.11. The van der Waals surface area contributed by atoms with Crippen molar-refractivity contribution in [3.05, 3.63) is 63.2 Å². The van der Waals surface area contributed by atoms with E-state index in [4.69, 9.17) is 14.0 Å². The van der Waals surface area contributed by atoms with E-state index in [1.165, 1.54) is 0 Å². The molecule has 154 valence electrons. The van der Waals surface area contributed by atoms with Crippen molar-refractivity contribution in [2.24, 2.45) is 0 Å². The molecule has 2 heterocycles. The Bertz CT molecular complexity index is 950. The number of ether oxygens (including phenoxy) is 2. The van der Waals surface area contributed by atoms with Crippen LogP contribution in [0.2, 0.25) is 0 Å². The molecule has 6 nitrogen and oxygen atoms in total. The van der Waals surface area contributed by atoms with Crippen LogP contribution in [0, 0.1) is 6.92 Å². The number of aromatic nitrogens is 1. The van der Waals surface area contributed by atoms with E-state index >= 15 is 0 Å². The fraction of sp³-hybridized carbons (Fsp3) is 0.364. The van der Waals surface area contributed by atoms with Crippen molar-refractivity contribution in [3.8, 4) is 11.5 Å². The Labute approximate surface area is 175 Å². The summed E-state index contributed by atoms with van der Waals surface area (Å²) in [5.41, 5.74) is 2.16. The van der Waals surface area contributed by atoms with Crippen LogP contribution in [0.3, 0.4) is 0 Å². The molecule has 3 rings (SSSR count). The largest absolute Gasteiger partial charge is 0.493 e. The molecule has 7 heteroatoms. The van der Waals surface area contributed by atoms with Crippen molar-refractivity contribution in [3.63, 3.8) is 0 Å². The maximum Gasteiger partial charge on any atom is 0.259 e. The molecule has 1 aromatic carbocycles. The topological polar surface area (TPSA) is 64.8 Å². The van der Waals surface area contributed by atoms with E-state index in [-0.39, 0.29) is 5.91 Å². The number of amides is 1. The zero-order valence-corrected chi connectivity index (χ0v) is 18.0. The molecular formula is C22H26N2O4S. The van der Waals surface area contributed by atoms with Crippen LogP contribution < -0.4 is 9.47 Å². The molecular weight excluding hydrogens is 388 g/mol. The minimum absolute atomic E-state index is 0.0694. The predicted octanol–water partition coefficient (Wildman–Crippen LogP) is 4.86. The van der Waals surface area contributed by atoms with E-state index in [0.29, 0.717) is 54.6 Å². The SMILES string of the molecule is CCc1onc(C)c1C(=O)N(CC)Cc1ccc(OCc2cccs2)c(OC)c1. The van der Waals surface area contributed by atoms with Gasteiger partial charge in [0, 0.05) is 24.4 Å². The van der Waals surface area contributed by atoms with Gasteiger partial charge in [-0.3, -0.25) is 4.79 Å². The zero-order chi connectivity index (χ0) is 20.8. The number of thiophene rings is 1. The summed E-state index contributed by atoms with van der Waals surface area (Å²) in [6.07, 6.45) is 0.629. The quantitative estimate of drug-likeness (QED) is 0.500. The Morgan fingerprint density at radius 1 is 1.24 bits per heavy atom. The molecule has 0 aliphatic heterocycles. The lowest BCUT2D eigenvalue weighted by Crippen LogP contribution is -2.31. The highest BCUT2D eigenvalue weighted by Gasteiger charge is 2.24. The highest BCUT2D eigenvalue weighted by Crippen LogP contribution is 2.30. The molecule has 0 fully saturated rings. The molecule has 3 aromatic rings. The van der Waals surface area contributed by atoms with Crippen molar-refractivity contribution in [2.45, 2.75) is 40.3 Å². The molecule has 0 saturated carbocycles. The molecule has 0 aliphatic carbocycles. The summed E-state index contributed by atoms with van der Waals surface area (Å²) >= 11 is 1.65. The second-order valence-electron chi connectivity index (χ2n) is 6.59. The highest BCUT2D eigenvalue weighted by molar-refractivity contribution is 7.09. The van der Waals surface area contributed by atoms with E-state index in [1.54, 1.807) is 30.3 Å². The molecule has 0 atom stereocenters. The number of benzene rings is 1. The summed E-state index contributed by atoms with van der Waals surface area (Å²) in [6, 6.07) is 9.81. The maximum atomic E-state index is 13.1. The van der Waals surface area contributed by atoms with Gasteiger partial charge in [0.1, 0.15) is 17.9 Å². The predicted molar refractivity (Wildman–Crippen MR) is 113 cm³/mol. The standard InChI is InChI=1S/C22H26N2O4S/c1-5-18-21(15(3)23-28-18)22(25)24(6-2)13-16-9-10-19(20(12-16)26-4)27-14-17-8-7-11-29-17/h7-12H,5-6,13-14H2,1-4H3. The van der Waals surface area contributed by atoms with Crippen LogP contribution in [0.1, 0.15) is 46.1 Å². The van der Waals surface area contributed by atoms with Crippen molar-refractivity contribution in [1.29, 1.82) is 0 Å². The van der Waals surface area contributed by atoms with Gasteiger partial charge in [-0.05, 0) is 43.0 Å². The number of rotatable bonds is 9. The summed E-state index contributed by atoms with van der Waals surface area (Å²) in [4.78, 5) is 16.0. The molecule has 0 N–H and O–H groups in total. The number of hydrogen-bond donors (Lipinski definition) is 0. The summed E-state index contributed by atoms with van der Waals surface area (Å²) in [7, 11) is 1.62. The van der Waals surface area contributed by atoms with Crippen molar-refractivity contribution in [1.82, 2.24) is 10.1 Å². The average molecular weight is 415 g/mol. The van der Waals surface area contributed by atoms with Gasteiger partial charge >= 0.3 is 0 Å². The lowest BCUT2D eigenvalue weighted by molar-refractivity contribution is 0.0749. The molecule has 0 bridgehead atoms. The normalized spacial score (nSPS) is 10.8. The Kier molecular flexibility index (Phi) is 6.93. The number of carbonyl (C=O) groups is 1. The number of hydrogen-bond acceptors (Lipinski definition) is 6. The van der Waals surface area contributed by atoms with Gasteiger partial charge in [-0.1, -0.05) is 24.2 Å². The Hall–Kier alpha value is -2.80. The summed E-state index contributed by atoms with van der Waals surface area (Å²) in [6.45, 7) is 7.25. The first-order valence-corrected chi connectivity index (χ1v) is 10.5. The van der Waals surface area contributed by atoms with Crippen LogP contribution >= 0.6 is 11.3 Å². The van der Waals surface area contributed by atoms with Crippen LogP contribution in [-0.4, -0.2) is 29.6 Å². The summed E-state index contributed by atoms with van der Waals surface area (Å²) < 4.78 is 16.7. The zero-order valence-electron chi connectivity index (χ0n) is 17.2. The highest BCUT2D eigenvalue weighted by atomic mass is 32.1. The van der Waals surface area contributed by atoms with Crippen molar-refractivity contribution >= 4 is 17.2 Å². The second kappa shape index (κ2) is 9.60. The first kappa shape index (κ1) is 20.9. The third kappa shape index (κ3) is 4.79. The fourth-order valence-corrected chi connectivity index (χ4v) is 3.73. The van der Waals surface area contributed by atoms with E-state index in [0.717, 1.165) is 10.4 Å². The van der Waals surface area contributed by atoms with E-state index < -0.39 is 0 Å². The van der Waals surface area contributed by atoms with Crippen LogP contribution in [0.4, 0.5) is 0 Å². The second-order valence-corrected chi connectivity index (χ2v) is 7.62. The van der Waals surface area contributed by atoms with Gasteiger partial charge in [0.25, 0.3) is 5.91 Å². The van der Waals surface area contributed by atoms with Crippen LogP contribution in [0.25, 0.3) is 0 Å². The van der Waals surface area contributed by atoms with Gasteiger partial charge in [0.05, 0.1) is 12.8 Å². The van der Waals surface area contributed by atoms with Gasteiger partial charge in [-0.2, -0.15) is 0 Å². The Morgan fingerprint density at radius 2 is 2.07 bits per heavy atom. The van der Waals surface area contributed by atoms with Gasteiger partial charge in [0.2, 0.25) is 0 Å². The maximum absolute atomic E-state index is 13.1. The van der Waals surface area contributed by atoms with Crippen molar-refractivity contribution in [2.75, 3.05) is 13.7 Å². The van der Waals surface area contributed by atoms with Gasteiger partial charge in [-0.15, -0.1) is 11.3 Å². The van der Waals surface area contributed by atoms with E-state index in [2.05, 4.69) is 5.16 Å². The third-order valence-corrected chi connectivity index (χ3v) is 5.54. The molecule has 0 saturated heterocycles. The molecule has 1 amide bonds. The molecule has 0 radical (unpaired) electrons. The molecule has 29 heavy (non-hydrogen) atoms. The summed E-state index contributed by atoms with van der Waals surface area (Å²) in [5, 5.41) is 5.98. The number of methoxy groups -OCH3 is 1. The number of aryl methyl sites for hydroxylation is 2. The van der Waals surface area contributed by atoms with E-state index in [9.17, 15) is 4.79 Å². The lowest BCUT2D eigenvalue weighted by atomic mass is 10.1. The first-order valence-electron chi connectivity index (χ1n) is 9.63. The van der Waals surface area contributed by atoms with Crippen molar-refractivity contribution < 1.29 is 18.8 Å². The molecule has 0 aliphatic rings. The van der Waals surface area contributed by atoms with Crippen LogP contribution in [0.5, 0.6) is 11.5 Å². The molecule has 0 unspecified atom stereocenters. The summed E-state index contributed by atoms with van der Waals surface area (Å²) in [5.74, 6) is 1.89. The third-order valence-electron chi connectivity index (χ3n) is 4.69. The van der Waals surface area contributed by atoms with Crippen LogP contribution in [-0.2, 0) is 19.6 Å². The minimum atomic E-state index is -0.0694. The molecule has 2 aromatic heterocycles. The Morgan fingerprint density at radius 3 is 2.72 bits per heavy atom. The lowest BCUT2D eigenvalue weighted by Gasteiger charge is -2.22. The van der Waals surface area contributed by atoms with E-state index in [1.807, 2.05) is 49.6 Å². The van der Waals surface area contributed by atoms with Gasteiger partial charge in [-0.25, -0.2) is 0 Å². The number of carbonyl (C=O) groups excluding carboxylic acids is 1. The van der Waals surface area contributed by atoms with Crippen LogP contribution in [0.15, 0.2) is 40.2 Å². The molecule has 0 spiro atoms. The van der Waals surface area contributed by atoms with Gasteiger partial charge in [0.15, 0.2) is 11.5 Å².